The Kier molecular flexibility index (Phi) is 5.15. The Morgan fingerprint density at radius 3 is 2.35 bits per heavy atom. The highest BCUT2D eigenvalue weighted by Crippen LogP contribution is 2.28. The molecule has 0 spiro atoms. The molecule has 2 N–H and O–H groups in total. The van der Waals surface area contributed by atoms with Gasteiger partial charge in [0.25, 0.3) is 11.6 Å². The van der Waals surface area contributed by atoms with E-state index in [2.05, 4.69) is 15.8 Å². The standard InChI is InChI=1S/C16H17N5O5/c1-16(2,3)14-8-10(6-7-17-14)15(22)19-18-12-5-4-11(20(23)24)9-13(12)21(25)26/h4-9,18H,1-3H3,(H,19,22). The smallest absolute Gasteiger partial charge is 0.292 e. The number of nitrogens with one attached hydrogen (secondary N) is 2. The van der Waals surface area contributed by atoms with Crippen molar-refractivity contribution in [2.24, 2.45) is 0 Å². The predicted octanol–water partition coefficient (Wildman–Crippen LogP) is 2.95. The van der Waals surface area contributed by atoms with E-state index in [1.54, 1.807) is 6.07 Å². The van der Waals surface area contributed by atoms with E-state index < -0.39 is 27.1 Å². The summed E-state index contributed by atoms with van der Waals surface area (Å²) in [6, 6.07) is 6.21. The number of benzene rings is 1. The van der Waals surface area contributed by atoms with Crippen LogP contribution < -0.4 is 10.9 Å². The maximum atomic E-state index is 12.3. The second kappa shape index (κ2) is 7.13. The summed E-state index contributed by atoms with van der Waals surface area (Å²) >= 11 is 0. The summed E-state index contributed by atoms with van der Waals surface area (Å²) in [6.07, 6.45) is 1.50. The number of hydrogen-bond acceptors (Lipinski definition) is 7. The van der Waals surface area contributed by atoms with Gasteiger partial charge in [0.05, 0.1) is 15.9 Å². The largest absolute Gasteiger partial charge is 0.300 e. The summed E-state index contributed by atoms with van der Waals surface area (Å²) in [5.41, 5.74) is 4.55. The Balaban J connectivity index is 2.20. The van der Waals surface area contributed by atoms with E-state index in [9.17, 15) is 25.0 Å². The van der Waals surface area contributed by atoms with Crippen LogP contribution in [0, 0.1) is 20.2 Å². The Bertz CT molecular complexity index is 876. The van der Waals surface area contributed by atoms with Crippen LogP contribution in [0.4, 0.5) is 17.1 Å². The Morgan fingerprint density at radius 1 is 1.08 bits per heavy atom. The number of carbonyl (C=O) groups excluding carboxylic acids is 1. The number of hydrazine groups is 1. The van der Waals surface area contributed by atoms with E-state index in [0.717, 1.165) is 18.2 Å². The van der Waals surface area contributed by atoms with Gasteiger partial charge < -0.3 is 0 Å². The highest BCUT2D eigenvalue weighted by Gasteiger charge is 2.21. The number of pyridine rings is 1. The van der Waals surface area contributed by atoms with Crippen LogP contribution in [0.2, 0.25) is 0 Å². The highest BCUT2D eigenvalue weighted by molar-refractivity contribution is 5.95. The molecule has 1 aromatic carbocycles. The van der Waals surface area contributed by atoms with Gasteiger partial charge in [-0.15, -0.1) is 0 Å². The summed E-state index contributed by atoms with van der Waals surface area (Å²) in [5, 5.41) is 21.8. The molecule has 0 saturated carbocycles. The van der Waals surface area contributed by atoms with Crippen molar-refractivity contribution in [1.29, 1.82) is 0 Å². The number of nitro benzene ring substituents is 2. The first kappa shape index (κ1) is 18.8. The first-order valence-corrected chi connectivity index (χ1v) is 7.55. The molecule has 0 aliphatic rings. The lowest BCUT2D eigenvalue weighted by Crippen LogP contribution is -2.30. The van der Waals surface area contributed by atoms with Crippen molar-refractivity contribution in [2.45, 2.75) is 26.2 Å². The minimum atomic E-state index is -0.772. The minimum Gasteiger partial charge on any atom is -0.292 e. The van der Waals surface area contributed by atoms with Crippen LogP contribution in [-0.4, -0.2) is 20.7 Å². The zero-order valence-corrected chi connectivity index (χ0v) is 14.3. The molecule has 0 aliphatic heterocycles. The molecule has 136 valence electrons. The summed E-state index contributed by atoms with van der Waals surface area (Å²) < 4.78 is 0. The molecule has 1 amide bonds. The number of carbonyl (C=O) groups is 1. The van der Waals surface area contributed by atoms with Gasteiger partial charge in [-0.3, -0.25) is 40.9 Å². The second-order valence-corrected chi connectivity index (χ2v) is 6.47. The average Bonchev–Trinajstić information content (AvgIpc) is 2.58. The Morgan fingerprint density at radius 2 is 1.77 bits per heavy atom. The van der Waals surface area contributed by atoms with Gasteiger partial charge >= 0.3 is 5.69 Å². The molecule has 1 heterocycles. The van der Waals surface area contributed by atoms with Crippen molar-refractivity contribution in [2.75, 3.05) is 5.43 Å². The van der Waals surface area contributed by atoms with Gasteiger partial charge in [-0.05, 0) is 18.2 Å². The van der Waals surface area contributed by atoms with Crippen molar-refractivity contribution < 1.29 is 14.6 Å². The summed E-state index contributed by atoms with van der Waals surface area (Å²) in [5.74, 6) is -0.523. The number of nitrogens with zero attached hydrogens (tertiary/aromatic N) is 3. The number of amides is 1. The lowest BCUT2D eigenvalue weighted by molar-refractivity contribution is -0.393. The zero-order chi connectivity index (χ0) is 19.5. The van der Waals surface area contributed by atoms with E-state index in [-0.39, 0.29) is 11.1 Å². The van der Waals surface area contributed by atoms with Crippen molar-refractivity contribution in [3.8, 4) is 0 Å². The molecular weight excluding hydrogens is 342 g/mol. The number of rotatable bonds is 5. The van der Waals surface area contributed by atoms with E-state index in [0.29, 0.717) is 11.3 Å². The maximum absolute atomic E-state index is 12.3. The van der Waals surface area contributed by atoms with Gasteiger partial charge in [0.15, 0.2) is 0 Å². The molecule has 2 aromatic rings. The molecule has 0 radical (unpaired) electrons. The van der Waals surface area contributed by atoms with Crippen LogP contribution in [-0.2, 0) is 5.41 Å². The van der Waals surface area contributed by atoms with Gasteiger partial charge in [-0.2, -0.15) is 0 Å². The van der Waals surface area contributed by atoms with E-state index in [1.807, 2.05) is 20.8 Å². The molecule has 10 heteroatoms. The van der Waals surface area contributed by atoms with Gasteiger partial charge in [-0.1, -0.05) is 20.8 Å². The fraction of sp³-hybridized carbons (Fsp3) is 0.250. The molecule has 0 aliphatic carbocycles. The first-order valence-electron chi connectivity index (χ1n) is 7.55. The predicted molar refractivity (Wildman–Crippen MR) is 93.8 cm³/mol. The van der Waals surface area contributed by atoms with Gasteiger partial charge in [0.1, 0.15) is 5.69 Å². The van der Waals surface area contributed by atoms with E-state index in [1.165, 1.54) is 12.3 Å². The lowest BCUT2D eigenvalue weighted by atomic mass is 9.91. The van der Waals surface area contributed by atoms with Gasteiger partial charge in [0.2, 0.25) is 0 Å². The van der Waals surface area contributed by atoms with Crippen LogP contribution in [0.25, 0.3) is 0 Å². The monoisotopic (exact) mass is 359 g/mol. The van der Waals surface area contributed by atoms with Crippen molar-refractivity contribution >= 4 is 23.0 Å². The van der Waals surface area contributed by atoms with Crippen molar-refractivity contribution in [3.05, 3.63) is 68.0 Å². The molecule has 10 nitrogen and oxygen atoms in total. The lowest BCUT2D eigenvalue weighted by Gasteiger charge is -2.18. The summed E-state index contributed by atoms with van der Waals surface area (Å²) in [6.45, 7) is 5.86. The van der Waals surface area contributed by atoms with Crippen LogP contribution in [0.15, 0.2) is 36.5 Å². The van der Waals surface area contributed by atoms with Crippen LogP contribution in [0.1, 0.15) is 36.8 Å². The van der Waals surface area contributed by atoms with Crippen molar-refractivity contribution in [3.63, 3.8) is 0 Å². The normalized spacial score (nSPS) is 10.9. The Hall–Kier alpha value is -3.56. The van der Waals surface area contributed by atoms with Gasteiger partial charge in [0, 0.05) is 28.9 Å². The average molecular weight is 359 g/mol. The van der Waals surface area contributed by atoms with Crippen LogP contribution >= 0.6 is 0 Å². The molecular formula is C16H17N5O5. The fourth-order valence-electron chi connectivity index (χ4n) is 2.07. The summed E-state index contributed by atoms with van der Waals surface area (Å²) in [7, 11) is 0. The van der Waals surface area contributed by atoms with E-state index >= 15 is 0 Å². The Labute approximate surface area is 148 Å². The molecule has 26 heavy (non-hydrogen) atoms. The molecule has 0 unspecified atom stereocenters. The van der Waals surface area contributed by atoms with Crippen LogP contribution in [0.5, 0.6) is 0 Å². The SMILES string of the molecule is CC(C)(C)c1cc(C(=O)NNc2ccc([N+](=O)[O-])cc2[N+](=O)[O-])ccn1. The van der Waals surface area contributed by atoms with Gasteiger partial charge in [-0.25, -0.2) is 0 Å². The number of aromatic nitrogens is 1. The molecule has 0 atom stereocenters. The second-order valence-electron chi connectivity index (χ2n) is 6.47. The third-order valence-electron chi connectivity index (χ3n) is 3.49. The quantitative estimate of drug-likeness (QED) is 0.617. The van der Waals surface area contributed by atoms with Crippen molar-refractivity contribution in [1.82, 2.24) is 10.4 Å². The number of hydrogen-bond donors (Lipinski definition) is 2. The molecule has 2 rings (SSSR count). The van der Waals surface area contributed by atoms with Crippen LogP contribution in [0.3, 0.4) is 0 Å². The number of anilines is 1. The molecule has 0 fully saturated rings. The first-order chi connectivity index (χ1) is 12.1. The fourth-order valence-corrected chi connectivity index (χ4v) is 2.07. The number of nitro groups is 2. The minimum absolute atomic E-state index is 0.0703. The number of non-ortho nitro benzene ring substituents is 1. The maximum Gasteiger partial charge on any atom is 0.300 e. The molecule has 1 aromatic heterocycles. The molecule has 0 saturated heterocycles. The third kappa shape index (κ3) is 4.29. The zero-order valence-electron chi connectivity index (χ0n) is 14.3. The van der Waals surface area contributed by atoms with E-state index in [4.69, 9.17) is 0 Å². The topological polar surface area (TPSA) is 140 Å². The highest BCUT2D eigenvalue weighted by atomic mass is 16.6. The third-order valence-corrected chi connectivity index (χ3v) is 3.49. The molecule has 0 bridgehead atoms. The summed E-state index contributed by atoms with van der Waals surface area (Å²) in [4.78, 5) is 36.8.